The van der Waals surface area contributed by atoms with Crippen molar-refractivity contribution < 1.29 is 38.4 Å². The molecule has 1 aliphatic rings. The molecule has 0 aliphatic carbocycles. The summed E-state index contributed by atoms with van der Waals surface area (Å²) in [6, 6.07) is 0. The van der Waals surface area contributed by atoms with Gasteiger partial charge in [-0.25, -0.2) is 4.79 Å². The fourth-order valence-electron chi connectivity index (χ4n) is 1.09. The Bertz CT molecular complexity index is 277. The van der Waals surface area contributed by atoms with Gasteiger partial charge in [-0.1, -0.05) is 0 Å². The minimum Gasteiger partial charge on any atom is -1.00 e. The van der Waals surface area contributed by atoms with Gasteiger partial charge in [-0.2, -0.15) is 0 Å². The Morgan fingerprint density at radius 2 is 2.31 bits per heavy atom. The molecule has 1 atom stereocenters. The molecule has 1 N–H and O–H groups in total. The van der Waals surface area contributed by atoms with Gasteiger partial charge in [0.2, 0.25) is 5.70 Å². The van der Waals surface area contributed by atoms with Crippen LogP contribution in [0.5, 0.6) is 0 Å². The fourth-order valence-corrected chi connectivity index (χ4v) is 1.09. The molecule has 0 radical (unpaired) electrons. The lowest BCUT2D eigenvalue weighted by Crippen LogP contribution is -3.05. The van der Waals surface area contributed by atoms with Gasteiger partial charge < -0.3 is 28.7 Å². The summed E-state index contributed by atoms with van der Waals surface area (Å²) in [5.74, 6) is 2.59. The number of hydrogen-bond donors (Lipinski definition) is 1. The molecule has 1 rings (SSSR count). The van der Waals surface area contributed by atoms with E-state index in [0.29, 0.717) is 11.5 Å². The van der Waals surface area contributed by atoms with Crippen LogP contribution in [0.4, 0.5) is 0 Å². The maximum Gasteiger partial charge on any atom is 0.224 e. The highest BCUT2D eigenvalue weighted by Gasteiger charge is 2.15. The van der Waals surface area contributed by atoms with Gasteiger partial charge in [0.15, 0.2) is 5.94 Å². The fraction of sp³-hybridized carbons (Fsp3) is 0.333. The lowest BCUT2D eigenvalue weighted by atomic mass is 10.2. The summed E-state index contributed by atoms with van der Waals surface area (Å²) in [6.45, 7) is 2.84. The number of methoxy groups -OCH3 is 1. The summed E-state index contributed by atoms with van der Waals surface area (Å²) >= 11 is 0. The van der Waals surface area contributed by atoms with Crippen molar-refractivity contribution in [2.75, 3.05) is 13.7 Å². The highest BCUT2D eigenvalue weighted by molar-refractivity contribution is 5.54. The van der Waals surface area contributed by atoms with E-state index in [0.717, 1.165) is 11.4 Å². The molecule has 0 aromatic rings. The Hall–Kier alpha value is -0.580. The normalized spacial score (nSPS) is 20.0. The molecule has 0 aromatic carbocycles. The number of nitrogens with one attached hydrogen (secondary N) is 1. The highest BCUT2D eigenvalue weighted by Crippen LogP contribution is 2.01. The highest BCUT2D eigenvalue weighted by atomic mass is 127. The number of ether oxygens (including phenoxy) is 1. The van der Waals surface area contributed by atoms with Crippen molar-refractivity contribution in [3.63, 3.8) is 0 Å². The van der Waals surface area contributed by atoms with Gasteiger partial charge in [0.05, 0.1) is 19.7 Å². The first kappa shape index (κ1) is 12.4. The van der Waals surface area contributed by atoms with Crippen LogP contribution in [0.2, 0.25) is 0 Å². The lowest BCUT2D eigenvalue weighted by molar-refractivity contribution is -0.798. The zero-order valence-corrected chi connectivity index (χ0v) is 9.79. The van der Waals surface area contributed by atoms with Crippen LogP contribution in [0, 0.1) is 0 Å². The number of quaternary nitrogens is 1. The molecule has 1 heterocycles. The molecule has 1 unspecified atom stereocenters. The lowest BCUT2D eigenvalue weighted by Gasteiger charge is -2.14. The van der Waals surface area contributed by atoms with E-state index in [9.17, 15) is 4.79 Å². The summed E-state index contributed by atoms with van der Waals surface area (Å²) < 4.78 is 4.98. The first-order valence-electron chi connectivity index (χ1n) is 3.87. The van der Waals surface area contributed by atoms with Crippen molar-refractivity contribution >= 4 is 5.94 Å². The topological polar surface area (TPSA) is 30.7 Å². The minimum absolute atomic E-state index is 0. The van der Waals surface area contributed by atoms with E-state index in [1.54, 1.807) is 13.2 Å². The van der Waals surface area contributed by atoms with Crippen LogP contribution in [0.3, 0.4) is 0 Å². The second kappa shape index (κ2) is 5.96. The Kier molecular flexibility index (Phi) is 5.70. The monoisotopic (exact) mass is 293 g/mol. The van der Waals surface area contributed by atoms with Crippen LogP contribution in [0.1, 0.15) is 6.92 Å². The molecule has 0 aromatic heterocycles. The summed E-state index contributed by atoms with van der Waals surface area (Å²) in [7, 11) is 1.58. The number of hydrogen-bond acceptors (Lipinski definition) is 2. The average Bonchev–Trinajstić information content (AvgIpc) is 2.16. The first-order chi connectivity index (χ1) is 5.81. The molecule has 0 fully saturated rings. The second-order valence-electron chi connectivity index (χ2n) is 2.48. The van der Waals surface area contributed by atoms with E-state index in [1.807, 2.05) is 25.1 Å². The molecule has 0 amide bonds. The molecule has 3 nitrogen and oxygen atoms in total. The van der Waals surface area contributed by atoms with Crippen molar-refractivity contribution in [3.8, 4) is 0 Å². The molecule has 72 valence electrons. The molecule has 0 saturated heterocycles. The van der Waals surface area contributed by atoms with E-state index >= 15 is 0 Å². The Labute approximate surface area is 94.8 Å². The number of halogens is 1. The zero-order valence-electron chi connectivity index (χ0n) is 7.63. The number of carbonyl (C=O) groups excluding carboxylic acids is 1. The number of rotatable bonds is 2. The molecule has 0 spiro atoms. The second-order valence-corrected chi connectivity index (χ2v) is 2.48. The van der Waals surface area contributed by atoms with Crippen LogP contribution in [-0.2, 0) is 9.53 Å². The minimum atomic E-state index is 0. The molecule has 13 heavy (non-hydrogen) atoms. The molecular weight excluding hydrogens is 281 g/mol. The number of likely N-dealkylation sites (N-methyl/N-ethyl adjacent to an activating group) is 1. The van der Waals surface area contributed by atoms with Gasteiger partial charge in [-0.3, -0.25) is 4.90 Å². The molecule has 1 aliphatic heterocycles. The third kappa shape index (κ3) is 2.99. The Morgan fingerprint density at radius 1 is 1.62 bits per heavy atom. The van der Waals surface area contributed by atoms with Crippen molar-refractivity contribution in [2.24, 2.45) is 0 Å². The largest absolute Gasteiger partial charge is 1.00 e. The van der Waals surface area contributed by atoms with Gasteiger partial charge in [-0.15, -0.1) is 0 Å². The van der Waals surface area contributed by atoms with Crippen LogP contribution >= 0.6 is 0 Å². The van der Waals surface area contributed by atoms with Gasteiger partial charge in [0.1, 0.15) is 12.0 Å². The Morgan fingerprint density at radius 3 is 2.77 bits per heavy atom. The van der Waals surface area contributed by atoms with Gasteiger partial charge in [-0.05, 0) is 6.92 Å². The van der Waals surface area contributed by atoms with Crippen LogP contribution in [0.15, 0.2) is 29.8 Å². The standard InChI is InChI=1S/C9H11NO2.HI/c1-3-10-5-4-9(12-2)6-8(10)7-11;/h4-6H,3H2,1-2H3;1H. The van der Waals surface area contributed by atoms with Crippen LogP contribution < -0.4 is 28.9 Å². The van der Waals surface area contributed by atoms with Gasteiger partial charge in [0, 0.05) is 6.08 Å². The maximum atomic E-state index is 10.5. The van der Waals surface area contributed by atoms with E-state index in [2.05, 4.69) is 0 Å². The summed E-state index contributed by atoms with van der Waals surface area (Å²) in [5, 5.41) is 0. The average molecular weight is 293 g/mol. The Balaban J connectivity index is 0.00000144. The third-order valence-corrected chi connectivity index (χ3v) is 1.81. The van der Waals surface area contributed by atoms with Crippen molar-refractivity contribution in [3.05, 3.63) is 29.8 Å². The summed E-state index contributed by atoms with van der Waals surface area (Å²) in [5.41, 5.74) is 0.594. The quantitative estimate of drug-likeness (QED) is 0.426. The van der Waals surface area contributed by atoms with Crippen molar-refractivity contribution in [2.45, 2.75) is 6.92 Å². The predicted octanol–water partition coefficient (Wildman–Crippen LogP) is -3.33. The maximum absolute atomic E-state index is 10.5. The summed E-state index contributed by atoms with van der Waals surface area (Å²) in [6.07, 6.45) is 5.44. The van der Waals surface area contributed by atoms with E-state index in [-0.39, 0.29) is 24.0 Å². The number of allylic oxidation sites excluding steroid dienone is 2. The van der Waals surface area contributed by atoms with Crippen LogP contribution in [0.25, 0.3) is 0 Å². The molecule has 0 saturated carbocycles. The predicted molar refractivity (Wildman–Crippen MR) is 44.9 cm³/mol. The molecular formula is C9H12INO2. The van der Waals surface area contributed by atoms with Gasteiger partial charge >= 0.3 is 0 Å². The third-order valence-electron chi connectivity index (χ3n) is 1.81. The van der Waals surface area contributed by atoms with Gasteiger partial charge in [0.25, 0.3) is 0 Å². The smallest absolute Gasteiger partial charge is 0.224 e. The SMILES string of the molecule is CC[NH+]1C=CC(OC)=CC1=C=O.[I-]. The molecule has 0 bridgehead atoms. The van der Waals surface area contributed by atoms with Crippen LogP contribution in [-0.4, -0.2) is 19.6 Å². The zero-order chi connectivity index (χ0) is 8.97. The van der Waals surface area contributed by atoms with Crippen molar-refractivity contribution in [1.82, 2.24) is 0 Å². The molecule has 4 heteroatoms. The van der Waals surface area contributed by atoms with E-state index < -0.39 is 0 Å². The summed E-state index contributed by atoms with van der Waals surface area (Å²) in [4.78, 5) is 11.5. The van der Waals surface area contributed by atoms with E-state index in [1.165, 1.54) is 0 Å². The van der Waals surface area contributed by atoms with E-state index in [4.69, 9.17) is 4.74 Å². The first-order valence-corrected chi connectivity index (χ1v) is 3.87. The van der Waals surface area contributed by atoms with Crippen molar-refractivity contribution in [1.29, 1.82) is 0 Å².